The lowest BCUT2D eigenvalue weighted by Gasteiger charge is -2.13. The average Bonchev–Trinajstić information content (AvgIpc) is 3.16. The van der Waals surface area contributed by atoms with Crippen LogP contribution in [-0.2, 0) is 17.9 Å². The molecule has 1 aromatic heterocycles. The maximum Gasteiger partial charge on any atom is 0.234 e. The first-order valence-electron chi connectivity index (χ1n) is 10.5. The van der Waals surface area contributed by atoms with Crippen LogP contribution >= 0.6 is 27.7 Å². The monoisotopic (exact) mass is 530 g/mol. The quantitative estimate of drug-likeness (QED) is 0.258. The van der Waals surface area contributed by atoms with Gasteiger partial charge in [0.2, 0.25) is 5.91 Å². The summed E-state index contributed by atoms with van der Waals surface area (Å²) in [4.78, 5) is 12.4. The molecule has 0 atom stereocenters. The van der Waals surface area contributed by atoms with E-state index in [4.69, 9.17) is 9.47 Å². The number of nitrogens with one attached hydrogen (secondary N) is 1. The number of ether oxygens (including phenoxy) is 2. The molecule has 0 saturated carbocycles. The van der Waals surface area contributed by atoms with Crippen LogP contribution < -0.4 is 14.8 Å². The van der Waals surface area contributed by atoms with Gasteiger partial charge in [-0.1, -0.05) is 39.8 Å². The van der Waals surface area contributed by atoms with Crippen molar-refractivity contribution in [2.45, 2.75) is 39.1 Å². The van der Waals surface area contributed by atoms with Crippen LogP contribution in [0.5, 0.6) is 11.5 Å². The van der Waals surface area contributed by atoms with Gasteiger partial charge in [0.25, 0.3) is 0 Å². The van der Waals surface area contributed by atoms with Gasteiger partial charge in [0.1, 0.15) is 6.61 Å². The lowest BCUT2D eigenvalue weighted by atomic mass is 10.2. The normalized spacial score (nSPS) is 10.7. The first kappa shape index (κ1) is 24.9. The molecular weight excluding hydrogens is 504 g/mol. The molecule has 0 fully saturated rings. The Balaban J connectivity index is 1.65. The lowest BCUT2D eigenvalue weighted by molar-refractivity contribution is -0.113. The lowest BCUT2D eigenvalue weighted by Crippen LogP contribution is -2.15. The van der Waals surface area contributed by atoms with E-state index in [1.54, 1.807) is 6.08 Å². The summed E-state index contributed by atoms with van der Waals surface area (Å²) >= 11 is 4.78. The van der Waals surface area contributed by atoms with Crippen molar-refractivity contribution in [1.82, 2.24) is 14.8 Å². The standard InChI is InChI=1S/C24H27BrN4O3S/c1-5-11-29-22(14-32-20-10-7-16(3)12-21(20)31-6-2)27-28-24(29)33-15-23(30)26-18-8-9-19(25)17(4)13-18/h5,7-10,12-13H,1,6,11,14-15H2,2-4H3,(H,26,30). The SMILES string of the molecule is C=CCn1c(COc2ccc(C)cc2OCC)nnc1SCC(=O)Nc1ccc(Br)c(C)c1. The summed E-state index contributed by atoms with van der Waals surface area (Å²) in [5.41, 5.74) is 2.90. The number of thioether (sulfide) groups is 1. The Labute approximate surface area is 206 Å². The summed E-state index contributed by atoms with van der Waals surface area (Å²) < 4.78 is 14.6. The molecule has 7 nitrogen and oxygen atoms in total. The van der Waals surface area contributed by atoms with Crippen molar-refractivity contribution in [2.24, 2.45) is 0 Å². The summed E-state index contributed by atoms with van der Waals surface area (Å²) in [6.07, 6.45) is 1.76. The van der Waals surface area contributed by atoms with Crippen molar-refractivity contribution in [3.05, 3.63) is 70.5 Å². The molecule has 1 heterocycles. The molecule has 2 aromatic carbocycles. The Kier molecular flexibility index (Phi) is 8.96. The van der Waals surface area contributed by atoms with Gasteiger partial charge >= 0.3 is 0 Å². The molecule has 3 rings (SSSR count). The Bertz CT molecular complexity index is 1130. The highest BCUT2D eigenvalue weighted by atomic mass is 79.9. The fourth-order valence-corrected chi connectivity index (χ4v) is 4.05. The zero-order valence-corrected chi connectivity index (χ0v) is 21.3. The highest BCUT2D eigenvalue weighted by Gasteiger charge is 2.15. The van der Waals surface area contributed by atoms with Crippen LogP contribution in [0.1, 0.15) is 23.9 Å². The summed E-state index contributed by atoms with van der Waals surface area (Å²) in [6.45, 7) is 11.0. The van der Waals surface area contributed by atoms with E-state index in [1.807, 2.05) is 61.7 Å². The van der Waals surface area contributed by atoms with Gasteiger partial charge in [0, 0.05) is 16.7 Å². The maximum atomic E-state index is 12.4. The number of nitrogens with zero attached hydrogens (tertiary/aromatic N) is 3. The number of amides is 1. The maximum absolute atomic E-state index is 12.4. The van der Waals surface area contributed by atoms with Gasteiger partial charge in [0.05, 0.1) is 12.4 Å². The number of aromatic nitrogens is 3. The largest absolute Gasteiger partial charge is 0.490 e. The number of halogens is 1. The van der Waals surface area contributed by atoms with Gasteiger partial charge in [-0.25, -0.2) is 0 Å². The number of allylic oxidation sites excluding steroid dienone is 1. The van der Waals surface area contributed by atoms with Crippen LogP contribution in [0, 0.1) is 13.8 Å². The summed E-state index contributed by atoms with van der Waals surface area (Å²) in [7, 11) is 0. The fourth-order valence-electron chi connectivity index (χ4n) is 3.04. The van der Waals surface area contributed by atoms with E-state index >= 15 is 0 Å². The minimum absolute atomic E-state index is 0.117. The second kappa shape index (κ2) is 11.9. The molecule has 1 amide bonds. The molecular formula is C24H27BrN4O3S. The minimum Gasteiger partial charge on any atom is -0.490 e. The third kappa shape index (κ3) is 6.85. The summed E-state index contributed by atoms with van der Waals surface area (Å²) in [5.74, 6) is 2.08. The number of anilines is 1. The van der Waals surface area contributed by atoms with Crippen LogP contribution in [0.25, 0.3) is 0 Å². The molecule has 1 N–H and O–H groups in total. The zero-order valence-electron chi connectivity index (χ0n) is 18.9. The van der Waals surface area contributed by atoms with E-state index in [-0.39, 0.29) is 18.3 Å². The van der Waals surface area contributed by atoms with Crippen LogP contribution in [0.15, 0.2) is 58.7 Å². The second-order valence-corrected chi connectivity index (χ2v) is 9.07. The predicted molar refractivity (Wildman–Crippen MR) is 135 cm³/mol. The Morgan fingerprint density at radius 2 is 2.00 bits per heavy atom. The average molecular weight is 531 g/mol. The van der Waals surface area contributed by atoms with Crippen molar-refractivity contribution < 1.29 is 14.3 Å². The third-order valence-corrected chi connectivity index (χ3v) is 6.49. The molecule has 3 aromatic rings. The first-order chi connectivity index (χ1) is 15.9. The van der Waals surface area contributed by atoms with Crippen LogP contribution in [-0.4, -0.2) is 33.0 Å². The molecule has 174 valence electrons. The fraction of sp³-hybridized carbons (Fsp3) is 0.292. The van der Waals surface area contributed by atoms with Crippen LogP contribution in [0.2, 0.25) is 0 Å². The number of carbonyl (C=O) groups is 1. The minimum atomic E-state index is -0.117. The van der Waals surface area contributed by atoms with Crippen molar-refractivity contribution in [3.63, 3.8) is 0 Å². The molecule has 0 aliphatic heterocycles. The Hall–Kier alpha value is -2.78. The van der Waals surface area contributed by atoms with Gasteiger partial charge in [-0.05, 0) is 62.2 Å². The van der Waals surface area contributed by atoms with Gasteiger partial charge in [-0.3, -0.25) is 9.36 Å². The van der Waals surface area contributed by atoms with Crippen molar-refractivity contribution in [3.8, 4) is 11.5 Å². The molecule has 33 heavy (non-hydrogen) atoms. The molecule has 9 heteroatoms. The number of aryl methyl sites for hydroxylation is 2. The molecule has 0 saturated heterocycles. The number of hydrogen-bond donors (Lipinski definition) is 1. The van der Waals surface area contributed by atoms with Crippen molar-refractivity contribution in [1.29, 1.82) is 0 Å². The number of rotatable bonds is 11. The van der Waals surface area contributed by atoms with E-state index in [0.29, 0.717) is 35.6 Å². The van der Waals surface area contributed by atoms with Gasteiger partial charge in [-0.2, -0.15) is 0 Å². The highest BCUT2D eigenvalue weighted by Crippen LogP contribution is 2.29. The smallest absolute Gasteiger partial charge is 0.234 e. The molecule has 0 aliphatic carbocycles. The highest BCUT2D eigenvalue weighted by molar-refractivity contribution is 9.10. The second-order valence-electron chi connectivity index (χ2n) is 7.27. The summed E-state index contributed by atoms with van der Waals surface area (Å²) in [6, 6.07) is 11.5. The summed E-state index contributed by atoms with van der Waals surface area (Å²) in [5, 5.41) is 12.1. The predicted octanol–water partition coefficient (Wildman–Crippen LogP) is 5.55. The van der Waals surface area contributed by atoms with Crippen LogP contribution in [0.4, 0.5) is 5.69 Å². The van der Waals surface area contributed by atoms with Gasteiger partial charge in [-0.15, -0.1) is 16.8 Å². The molecule has 0 unspecified atom stereocenters. The third-order valence-electron chi connectivity index (χ3n) is 4.64. The molecule has 0 aliphatic rings. The van der Waals surface area contributed by atoms with E-state index in [1.165, 1.54) is 11.8 Å². The number of hydrogen-bond acceptors (Lipinski definition) is 6. The zero-order chi connectivity index (χ0) is 23.8. The number of carbonyl (C=O) groups excluding carboxylic acids is 1. The first-order valence-corrected chi connectivity index (χ1v) is 12.3. The molecule has 0 spiro atoms. The van der Waals surface area contributed by atoms with E-state index in [0.717, 1.165) is 21.3 Å². The van der Waals surface area contributed by atoms with Crippen molar-refractivity contribution in [2.75, 3.05) is 17.7 Å². The van der Waals surface area contributed by atoms with E-state index in [2.05, 4.69) is 38.0 Å². The van der Waals surface area contributed by atoms with Gasteiger partial charge < -0.3 is 14.8 Å². The Morgan fingerprint density at radius 1 is 1.18 bits per heavy atom. The van der Waals surface area contributed by atoms with E-state index in [9.17, 15) is 4.79 Å². The topological polar surface area (TPSA) is 78.3 Å². The van der Waals surface area contributed by atoms with Crippen molar-refractivity contribution >= 4 is 39.3 Å². The Morgan fingerprint density at radius 3 is 2.73 bits per heavy atom. The van der Waals surface area contributed by atoms with Gasteiger partial charge in [0.15, 0.2) is 22.5 Å². The number of benzene rings is 2. The van der Waals surface area contributed by atoms with Crippen LogP contribution in [0.3, 0.4) is 0 Å². The molecule has 0 radical (unpaired) electrons. The molecule has 0 bridgehead atoms. The van der Waals surface area contributed by atoms with E-state index < -0.39 is 0 Å².